The van der Waals surface area contributed by atoms with E-state index in [-0.39, 0.29) is 22.2 Å². The van der Waals surface area contributed by atoms with E-state index >= 15 is 0 Å². The lowest BCUT2D eigenvalue weighted by Gasteiger charge is -2.46. The van der Waals surface area contributed by atoms with Gasteiger partial charge in [-0.25, -0.2) is 4.79 Å². The molecule has 4 atom stereocenters. The molecule has 0 aromatic heterocycles. The SMILES string of the molecule is COC(=O)C1(C)Oc2ccccc2C(N2c3cc(Cl)ccc3OC2S(=O)(=O)O)C1O. The lowest BCUT2D eigenvalue weighted by Crippen LogP contribution is -2.61. The maximum absolute atomic E-state index is 12.5. The number of methoxy groups -OCH3 is 1. The summed E-state index contributed by atoms with van der Waals surface area (Å²) in [7, 11) is -3.63. The number of esters is 1. The van der Waals surface area contributed by atoms with E-state index < -0.39 is 39.4 Å². The molecule has 4 rings (SSSR count). The quantitative estimate of drug-likeness (QED) is 0.529. The third kappa shape index (κ3) is 3.07. The molecular weight excluding hydrogens is 438 g/mol. The van der Waals surface area contributed by atoms with Gasteiger partial charge >= 0.3 is 21.6 Å². The number of para-hydroxylation sites is 1. The van der Waals surface area contributed by atoms with Gasteiger partial charge in [0.1, 0.15) is 17.6 Å². The van der Waals surface area contributed by atoms with Crippen molar-refractivity contribution in [3.63, 3.8) is 0 Å². The van der Waals surface area contributed by atoms with Gasteiger partial charge in [-0.2, -0.15) is 8.42 Å². The van der Waals surface area contributed by atoms with Crippen LogP contribution in [-0.4, -0.2) is 48.4 Å². The van der Waals surface area contributed by atoms with Crippen LogP contribution in [0.1, 0.15) is 18.5 Å². The number of benzene rings is 2. The van der Waals surface area contributed by atoms with E-state index in [0.717, 1.165) is 7.11 Å². The van der Waals surface area contributed by atoms with Crippen molar-refractivity contribution in [2.24, 2.45) is 0 Å². The molecule has 9 nitrogen and oxygen atoms in total. The standard InChI is InChI=1S/C19H18ClNO8S/c1-19(17(23)27-2)16(22)15(11-5-3-4-6-13(11)29-19)21-12-9-10(20)7-8-14(12)28-18(21)30(24,25)26/h3-9,15-16,18,22H,1-2H3,(H,24,25,26). The molecule has 30 heavy (non-hydrogen) atoms. The summed E-state index contributed by atoms with van der Waals surface area (Å²) in [6, 6.07) is 9.76. The number of rotatable bonds is 3. The minimum atomic E-state index is -4.78. The fraction of sp³-hybridized carbons (Fsp3) is 0.316. The van der Waals surface area contributed by atoms with Crippen molar-refractivity contribution >= 4 is 33.4 Å². The van der Waals surface area contributed by atoms with Crippen LogP contribution in [0.5, 0.6) is 11.5 Å². The summed E-state index contributed by atoms with van der Waals surface area (Å²) in [5.41, 5.74) is -3.13. The number of hydrogen-bond donors (Lipinski definition) is 2. The molecule has 2 aliphatic heterocycles. The van der Waals surface area contributed by atoms with Crippen LogP contribution in [-0.2, 0) is 19.6 Å². The van der Waals surface area contributed by atoms with Gasteiger partial charge in [-0.05, 0) is 31.2 Å². The summed E-state index contributed by atoms with van der Waals surface area (Å²) < 4.78 is 50.2. The molecule has 0 radical (unpaired) electrons. The molecule has 0 saturated carbocycles. The second-order valence-corrected chi connectivity index (χ2v) is 8.96. The minimum absolute atomic E-state index is 0.137. The molecule has 2 aromatic rings. The van der Waals surface area contributed by atoms with Crippen LogP contribution < -0.4 is 14.4 Å². The van der Waals surface area contributed by atoms with Crippen molar-refractivity contribution in [3.8, 4) is 11.5 Å². The van der Waals surface area contributed by atoms with Crippen molar-refractivity contribution in [2.45, 2.75) is 30.2 Å². The number of fused-ring (bicyclic) bond motifs is 2. The van der Waals surface area contributed by atoms with E-state index in [1.54, 1.807) is 24.3 Å². The zero-order valence-corrected chi connectivity index (χ0v) is 17.4. The molecule has 4 unspecified atom stereocenters. The average Bonchev–Trinajstić information content (AvgIpc) is 3.07. The first-order chi connectivity index (χ1) is 14.1. The second kappa shape index (κ2) is 7.02. The lowest BCUT2D eigenvalue weighted by atomic mass is 9.84. The van der Waals surface area contributed by atoms with Crippen LogP contribution >= 0.6 is 11.6 Å². The van der Waals surface area contributed by atoms with Crippen molar-refractivity contribution < 1.29 is 37.1 Å². The fourth-order valence-electron chi connectivity index (χ4n) is 3.80. The number of anilines is 1. The first kappa shape index (κ1) is 20.7. The van der Waals surface area contributed by atoms with Crippen LogP contribution in [0, 0.1) is 0 Å². The van der Waals surface area contributed by atoms with Crippen LogP contribution in [0.15, 0.2) is 42.5 Å². The molecule has 0 aliphatic carbocycles. The van der Waals surface area contributed by atoms with Gasteiger partial charge in [0.25, 0.3) is 0 Å². The number of aliphatic hydroxyl groups is 1. The summed E-state index contributed by atoms with van der Waals surface area (Å²) in [4.78, 5) is 13.7. The highest BCUT2D eigenvalue weighted by atomic mass is 35.5. The van der Waals surface area contributed by atoms with E-state index in [9.17, 15) is 22.9 Å². The fourth-order valence-corrected chi connectivity index (χ4v) is 4.72. The van der Waals surface area contributed by atoms with Crippen LogP contribution in [0.3, 0.4) is 0 Å². The molecule has 2 N–H and O–H groups in total. The molecule has 2 aromatic carbocycles. The van der Waals surface area contributed by atoms with Gasteiger partial charge in [0, 0.05) is 10.6 Å². The van der Waals surface area contributed by atoms with Crippen molar-refractivity contribution in [1.29, 1.82) is 0 Å². The average molecular weight is 456 g/mol. The van der Waals surface area contributed by atoms with Gasteiger partial charge < -0.3 is 24.2 Å². The smallest absolute Gasteiger partial charge is 0.352 e. The zero-order chi connectivity index (χ0) is 21.8. The Kier molecular flexibility index (Phi) is 4.85. The van der Waals surface area contributed by atoms with Gasteiger partial charge in [0.2, 0.25) is 5.60 Å². The third-order valence-electron chi connectivity index (χ3n) is 5.22. The summed E-state index contributed by atoms with van der Waals surface area (Å²) in [5, 5.41) is 11.5. The van der Waals surface area contributed by atoms with Gasteiger partial charge in [0.15, 0.2) is 0 Å². The lowest BCUT2D eigenvalue weighted by molar-refractivity contribution is -0.172. The number of aliphatic hydroxyl groups excluding tert-OH is 1. The monoisotopic (exact) mass is 455 g/mol. The van der Waals surface area contributed by atoms with Gasteiger partial charge in [-0.15, -0.1) is 0 Å². The first-order valence-corrected chi connectivity index (χ1v) is 10.7. The second-order valence-electron chi connectivity index (χ2n) is 7.09. The summed E-state index contributed by atoms with van der Waals surface area (Å²) in [6.45, 7) is 1.34. The van der Waals surface area contributed by atoms with Gasteiger partial charge in [-0.1, -0.05) is 29.8 Å². The van der Waals surface area contributed by atoms with Crippen LogP contribution in [0.2, 0.25) is 5.02 Å². The first-order valence-electron chi connectivity index (χ1n) is 8.83. The largest absolute Gasteiger partial charge is 0.473 e. The summed E-state index contributed by atoms with van der Waals surface area (Å²) >= 11 is 6.10. The highest BCUT2D eigenvalue weighted by Crippen LogP contribution is 2.51. The molecule has 2 aliphatic rings. The molecule has 2 heterocycles. The number of ether oxygens (including phenoxy) is 3. The topological polar surface area (TPSA) is 123 Å². The van der Waals surface area contributed by atoms with Crippen molar-refractivity contribution in [2.75, 3.05) is 12.0 Å². The zero-order valence-electron chi connectivity index (χ0n) is 15.9. The van der Waals surface area contributed by atoms with E-state index in [1.165, 1.54) is 30.0 Å². The van der Waals surface area contributed by atoms with Crippen molar-refractivity contribution in [3.05, 3.63) is 53.1 Å². The molecule has 11 heteroatoms. The summed E-state index contributed by atoms with van der Waals surface area (Å²) in [5.74, 6) is -0.479. The Morgan fingerprint density at radius 1 is 1.23 bits per heavy atom. The predicted octanol–water partition coefficient (Wildman–Crippen LogP) is 2.14. The molecule has 0 amide bonds. The minimum Gasteiger partial charge on any atom is -0.473 e. The molecule has 0 fully saturated rings. The Morgan fingerprint density at radius 2 is 1.93 bits per heavy atom. The maximum Gasteiger partial charge on any atom is 0.352 e. The summed E-state index contributed by atoms with van der Waals surface area (Å²) in [6.07, 6.45) is -1.60. The number of hydrogen-bond acceptors (Lipinski definition) is 8. The predicted molar refractivity (Wildman–Crippen MR) is 106 cm³/mol. The van der Waals surface area contributed by atoms with Gasteiger partial charge in [-0.3, -0.25) is 4.55 Å². The highest BCUT2D eigenvalue weighted by molar-refractivity contribution is 7.86. The Hall–Kier alpha value is -2.53. The molecule has 0 spiro atoms. The van der Waals surface area contributed by atoms with E-state index in [4.69, 9.17) is 25.8 Å². The molecule has 160 valence electrons. The number of halogens is 1. The van der Waals surface area contributed by atoms with E-state index in [2.05, 4.69) is 0 Å². The Morgan fingerprint density at radius 3 is 2.60 bits per heavy atom. The number of carbonyl (C=O) groups is 1. The third-order valence-corrected chi connectivity index (χ3v) is 6.29. The molecule has 0 saturated heterocycles. The molecular formula is C19H18ClNO8S. The number of carbonyl (C=O) groups excluding carboxylic acids is 1. The Labute approximate surface area is 177 Å². The maximum atomic E-state index is 12.5. The van der Waals surface area contributed by atoms with Crippen molar-refractivity contribution in [1.82, 2.24) is 0 Å². The molecule has 0 bridgehead atoms. The highest BCUT2D eigenvalue weighted by Gasteiger charge is 2.57. The van der Waals surface area contributed by atoms with E-state index in [1.807, 2.05) is 0 Å². The van der Waals surface area contributed by atoms with Gasteiger partial charge in [0.05, 0.1) is 18.8 Å². The Balaban J connectivity index is 1.96. The normalized spacial score (nSPS) is 27.5. The van der Waals surface area contributed by atoms with Crippen LogP contribution in [0.4, 0.5) is 5.69 Å². The number of nitrogens with zero attached hydrogens (tertiary/aromatic N) is 1. The van der Waals surface area contributed by atoms with E-state index in [0.29, 0.717) is 5.56 Å². The van der Waals surface area contributed by atoms with Crippen LogP contribution in [0.25, 0.3) is 0 Å². The Bertz CT molecular complexity index is 1120.